The van der Waals surface area contributed by atoms with Crippen LogP contribution in [0.2, 0.25) is 10.0 Å². The van der Waals surface area contributed by atoms with Crippen molar-refractivity contribution in [3.05, 3.63) is 60.2 Å². The van der Waals surface area contributed by atoms with Crippen LogP contribution in [-0.4, -0.2) is 26.6 Å². The fourth-order valence-electron chi connectivity index (χ4n) is 3.45. The molecule has 9 nitrogen and oxygen atoms in total. The second-order valence-corrected chi connectivity index (χ2v) is 10.1. The van der Waals surface area contributed by atoms with Gasteiger partial charge in [-0.2, -0.15) is 0 Å². The van der Waals surface area contributed by atoms with Gasteiger partial charge in [0.2, 0.25) is 11.6 Å². The first kappa shape index (κ1) is 25.0. The number of anilines is 1. The third kappa shape index (κ3) is 5.00. The van der Waals surface area contributed by atoms with Crippen molar-refractivity contribution in [2.45, 2.75) is 20.3 Å². The first-order valence-corrected chi connectivity index (χ1v) is 12.2. The number of aromatic nitrogens is 3. The molecule has 184 valence electrons. The lowest BCUT2D eigenvalue weighted by atomic mass is 10.1. The SMILES string of the molecule is CC(C)COc1c(Cl)cc(-c2csc(NC(=O)Cc3coc4c3c(=O)n(C)c(=O)n4C)n2)cc1Cl. The van der Waals surface area contributed by atoms with E-state index in [0.29, 0.717) is 50.3 Å². The highest BCUT2D eigenvalue weighted by Gasteiger charge is 2.19. The number of nitrogens with one attached hydrogen (secondary N) is 1. The monoisotopic (exact) mass is 536 g/mol. The average Bonchev–Trinajstić information content (AvgIpc) is 3.42. The molecule has 0 unspecified atom stereocenters. The minimum Gasteiger partial charge on any atom is -0.490 e. The number of carbonyl (C=O) groups is 1. The molecule has 3 aromatic heterocycles. The van der Waals surface area contributed by atoms with Crippen LogP contribution in [0.25, 0.3) is 22.4 Å². The van der Waals surface area contributed by atoms with Gasteiger partial charge in [-0.3, -0.25) is 18.7 Å². The van der Waals surface area contributed by atoms with Crippen molar-refractivity contribution >= 4 is 56.7 Å². The summed E-state index contributed by atoms with van der Waals surface area (Å²) in [6.07, 6.45) is 1.18. The van der Waals surface area contributed by atoms with E-state index in [1.165, 1.54) is 36.3 Å². The average molecular weight is 537 g/mol. The van der Waals surface area contributed by atoms with Crippen LogP contribution in [0, 0.1) is 5.92 Å². The predicted molar refractivity (Wildman–Crippen MR) is 137 cm³/mol. The number of hydrogen-bond donors (Lipinski definition) is 1. The van der Waals surface area contributed by atoms with Crippen molar-refractivity contribution in [2.24, 2.45) is 20.0 Å². The lowest BCUT2D eigenvalue weighted by Crippen LogP contribution is -2.36. The quantitative estimate of drug-likeness (QED) is 0.373. The van der Waals surface area contributed by atoms with Gasteiger partial charge in [0.1, 0.15) is 5.39 Å². The van der Waals surface area contributed by atoms with Crippen molar-refractivity contribution in [1.82, 2.24) is 14.1 Å². The maximum Gasteiger partial charge on any atom is 0.333 e. The van der Waals surface area contributed by atoms with Gasteiger partial charge in [-0.1, -0.05) is 37.0 Å². The molecule has 0 radical (unpaired) electrons. The number of fused-ring (bicyclic) bond motifs is 1. The summed E-state index contributed by atoms with van der Waals surface area (Å²) < 4.78 is 13.3. The fraction of sp³-hybridized carbons (Fsp3) is 0.304. The summed E-state index contributed by atoms with van der Waals surface area (Å²) in [6, 6.07) is 3.42. The van der Waals surface area contributed by atoms with Gasteiger partial charge in [0, 0.05) is 30.6 Å². The van der Waals surface area contributed by atoms with Gasteiger partial charge in [0.15, 0.2) is 10.9 Å². The smallest absolute Gasteiger partial charge is 0.333 e. The van der Waals surface area contributed by atoms with Gasteiger partial charge >= 0.3 is 5.69 Å². The number of thiazole rings is 1. The first-order chi connectivity index (χ1) is 16.6. The zero-order valence-corrected chi connectivity index (χ0v) is 21.7. The molecule has 1 N–H and O–H groups in total. The molecule has 0 atom stereocenters. The van der Waals surface area contributed by atoms with Crippen molar-refractivity contribution in [3.8, 4) is 17.0 Å². The van der Waals surface area contributed by atoms with E-state index in [9.17, 15) is 14.4 Å². The molecule has 0 fully saturated rings. The van der Waals surface area contributed by atoms with Gasteiger partial charge in [0.05, 0.1) is 35.0 Å². The third-order valence-electron chi connectivity index (χ3n) is 5.20. The first-order valence-electron chi connectivity index (χ1n) is 10.6. The zero-order chi connectivity index (χ0) is 25.4. The molecule has 0 aliphatic carbocycles. The molecule has 0 aliphatic rings. The molecule has 3 heterocycles. The summed E-state index contributed by atoms with van der Waals surface area (Å²) in [5, 5.41) is 5.79. The van der Waals surface area contributed by atoms with Crippen LogP contribution in [0.5, 0.6) is 5.75 Å². The minimum atomic E-state index is -0.522. The highest BCUT2D eigenvalue weighted by molar-refractivity contribution is 7.14. The van der Waals surface area contributed by atoms with Gasteiger partial charge in [0.25, 0.3) is 5.56 Å². The molecular weight excluding hydrogens is 515 g/mol. The Morgan fingerprint density at radius 1 is 1.20 bits per heavy atom. The van der Waals surface area contributed by atoms with Crippen LogP contribution in [-0.2, 0) is 25.3 Å². The Kier molecular flexibility index (Phi) is 7.07. The molecule has 35 heavy (non-hydrogen) atoms. The van der Waals surface area contributed by atoms with Crippen molar-refractivity contribution in [2.75, 3.05) is 11.9 Å². The number of furan rings is 1. The summed E-state index contributed by atoms with van der Waals surface area (Å²) in [5.41, 5.74) is 0.725. The summed E-state index contributed by atoms with van der Waals surface area (Å²) in [4.78, 5) is 41.7. The van der Waals surface area contributed by atoms with E-state index in [1.807, 2.05) is 13.8 Å². The molecule has 0 saturated heterocycles. The molecular formula is C23H22Cl2N4O5S. The van der Waals surface area contributed by atoms with E-state index >= 15 is 0 Å². The Balaban J connectivity index is 1.52. The molecule has 0 aliphatic heterocycles. The van der Waals surface area contributed by atoms with Gasteiger partial charge < -0.3 is 14.5 Å². The van der Waals surface area contributed by atoms with E-state index in [4.69, 9.17) is 32.4 Å². The number of nitrogens with zero attached hydrogens (tertiary/aromatic N) is 3. The maximum atomic E-state index is 12.7. The summed E-state index contributed by atoms with van der Waals surface area (Å²) in [6.45, 7) is 4.54. The van der Waals surface area contributed by atoms with E-state index in [2.05, 4.69) is 10.3 Å². The highest BCUT2D eigenvalue weighted by atomic mass is 35.5. The number of benzene rings is 1. The van der Waals surface area contributed by atoms with E-state index < -0.39 is 17.2 Å². The Bertz CT molecular complexity index is 1530. The maximum absolute atomic E-state index is 12.7. The second-order valence-electron chi connectivity index (χ2n) is 8.38. The van der Waals surface area contributed by atoms with Gasteiger partial charge in [-0.05, 0) is 18.1 Å². The fourth-order valence-corrected chi connectivity index (χ4v) is 4.78. The zero-order valence-electron chi connectivity index (χ0n) is 19.3. The molecule has 4 aromatic rings. The number of aryl methyl sites for hydroxylation is 1. The molecule has 4 rings (SSSR count). The normalized spacial score (nSPS) is 11.4. The van der Waals surface area contributed by atoms with Crippen LogP contribution < -0.4 is 21.3 Å². The molecule has 0 bridgehead atoms. The third-order valence-corrected chi connectivity index (χ3v) is 6.52. The summed E-state index contributed by atoms with van der Waals surface area (Å²) >= 11 is 14.0. The lowest BCUT2D eigenvalue weighted by Gasteiger charge is -2.12. The Morgan fingerprint density at radius 2 is 1.89 bits per heavy atom. The number of ether oxygens (including phenoxy) is 1. The number of rotatable bonds is 7. The van der Waals surface area contributed by atoms with Crippen LogP contribution in [0.3, 0.4) is 0 Å². The van der Waals surface area contributed by atoms with Gasteiger partial charge in [-0.25, -0.2) is 9.78 Å². The molecule has 1 aromatic carbocycles. The number of amides is 1. The predicted octanol–water partition coefficient (Wildman–Crippen LogP) is 4.48. The molecule has 0 spiro atoms. The van der Waals surface area contributed by atoms with Crippen LogP contribution in [0.4, 0.5) is 5.13 Å². The van der Waals surface area contributed by atoms with Crippen molar-refractivity contribution in [3.63, 3.8) is 0 Å². The standard InChI is InChI=1S/C23H22Cl2N4O5S/c1-11(2)8-33-19-14(24)5-12(6-15(19)25)16-10-35-22(26-16)27-17(30)7-13-9-34-21-18(13)20(31)28(3)23(32)29(21)4/h5-6,9-11H,7-8H2,1-4H3,(H,26,27,30). The largest absolute Gasteiger partial charge is 0.490 e. The van der Waals surface area contributed by atoms with E-state index in [1.54, 1.807) is 17.5 Å². The van der Waals surface area contributed by atoms with Crippen molar-refractivity contribution < 1.29 is 13.9 Å². The lowest BCUT2D eigenvalue weighted by molar-refractivity contribution is -0.115. The molecule has 0 saturated carbocycles. The Labute approximate surface area is 213 Å². The number of carbonyl (C=O) groups excluding carboxylic acids is 1. The topological polar surface area (TPSA) is 108 Å². The van der Waals surface area contributed by atoms with Crippen molar-refractivity contribution in [1.29, 1.82) is 0 Å². The number of halogens is 2. The highest BCUT2D eigenvalue weighted by Crippen LogP contribution is 2.38. The molecule has 1 amide bonds. The number of hydrogen-bond acceptors (Lipinski definition) is 7. The van der Waals surface area contributed by atoms with Gasteiger partial charge in [-0.15, -0.1) is 11.3 Å². The second kappa shape index (κ2) is 9.88. The minimum absolute atomic E-state index is 0.118. The molecule has 12 heteroatoms. The van der Waals surface area contributed by atoms with E-state index in [0.717, 1.165) is 4.57 Å². The Hall–Kier alpha value is -3.08. The van der Waals surface area contributed by atoms with Crippen LogP contribution in [0.1, 0.15) is 19.4 Å². The van der Waals surface area contributed by atoms with Crippen LogP contribution in [0.15, 0.2) is 37.8 Å². The van der Waals surface area contributed by atoms with Crippen LogP contribution >= 0.6 is 34.5 Å². The Morgan fingerprint density at radius 3 is 2.54 bits per heavy atom. The summed E-state index contributed by atoms with van der Waals surface area (Å²) in [7, 11) is 2.87. The summed E-state index contributed by atoms with van der Waals surface area (Å²) in [5.74, 6) is 0.352. The van der Waals surface area contributed by atoms with E-state index in [-0.39, 0.29) is 17.5 Å².